The monoisotopic (exact) mass is 739 g/mol. The minimum atomic E-state index is 0.333. The van der Waals surface area contributed by atoms with E-state index >= 15 is 0 Å². The van der Waals surface area contributed by atoms with Gasteiger partial charge in [-0.2, -0.15) is 15.8 Å². The highest BCUT2D eigenvalue weighted by Crippen LogP contribution is 2.42. The minimum Gasteiger partial charge on any atom is -0.456 e. The molecule has 0 radical (unpaired) electrons. The van der Waals surface area contributed by atoms with Crippen LogP contribution in [0.5, 0.6) is 0 Å². The fourth-order valence-electron chi connectivity index (χ4n) is 9.07. The molecule has 0 aliphatic carbocycles. The lowest BCUT2D eigenvalue weighted by atomic mass is 9.95. The van der Waals surface area contributed by atoms with Crippen LogP contribution in [0.3, 0.4) is 0 Å². The van der Waals surface area contributed by atoms with Gasteiger partial charge in [0.05, 0.1) is 56.6 Å². The van der Waals surface area contributed by atoms with Crippen LogP contribution in [0, 0.1) is 34.0 Å². The molecular formula is C51H25N5O2. The third-order valence-electron chi connectivity index (χ3n) is 11.6. The summed E-state index contributed by atoms with van der Waals surface area (Å²) < 4.78 is 16.9. The molecule has 0 bridgehead atoms. The lowest BCUT2D eigenvalue weighted by Crippen LogP contribution is -2.01. The second-order valence-electron chi connectivity index (χ2n) is 14.7. The topological polar surface area (TPSA) is 108 Å². The molecule has 0 saturated heterocycles. The van der Waals surface area contributed by atoms with Gasteiger partial charge in [0.2, 0.25) is 0 Å². The predicted molar refractivity (Wildman–Crippen MR) is 229 cm³/mol. The van der Waals surface area contributed by atoms with Gasteiger partial charge in [0.1, 0.15) is 28.4 Å². The van der Waals surface area contributed by atoms with E-state index in [1.807, 2.05) is 91.0 Å². The maximum absolute atomic E-state index is 10.7. The summed E-state index contributed by atoms with van der Waals surface area (Å²) in [5.41, 5.74) is 10.8. The fraction of sp³-hybridized carbons (Fsp3) is 0. The smallest absolute Gasteiger partial charge is 0.136 e. The molecule has 266 valence electrons. The average molecular weight is 740 g/mol. The van der Waals surface area contributed by atoms with Crippen molar-refractivity contribution in [2.75, 3.05) is 0 Å². The summed E-state index contributed by atoms with van der Waals surface area (Å²) in [6.45, 7) is 0. The number of nitrogens with zero attached hydrogens (tertiary/aromatic N) is 5. The van der Waals surface area contributed by atoms with Crippen LogP contribution >= 0.6 is 0 Å². The molecule has 0 aliphatic rings. The van der Waals surface area contributed by atoms with Crippen LogP contribution in [0.25, 0.3) is 110 Å². The summed E-state index contributed by atoms with van der Waals surface area (Å²) in [6, 6.07) is 57.3. The number of benzene rings is 8. The van der Waals surface area contributed by atoms with Gasteiger partial charge in [0, 0.05) is 54.3 Å². The number of fused-ring (bicyclic) bond motifs is 12. The van der Waals surface area contributed by atoms with Gasteiger partial charge in [-0.05, 0) is 84.4 Å². The molecule has 0 aliphatic heterocycles. The largest absolute Gasteiger partial charge is 0.456 e. The van der Waals surface area contributed by atoms with Gasteiger partial charge in [-0.3, -0.25) is 0 Å². The van der Waals surface area contributed by atoms with Crippen LogP contribution < -0.4 is 0 Å². The Morgan fingerprint density at radius 3 is 1.50 bits per heavy atom. The number of para-hydroxylation sites is 4. The van der Waals surface area contributed by atoms with E-state index in [0.717, 1.165) is 93.2 Å². The fourth-order valence-corrected chi connectivity index (χ4v) is 9.07. The van der Waals surface area contributed by atoms with Crippen molar-refractivity contribution in [2.45, 2.75) is 0 Å². The maximum atomic E-state index is 10.7. The van der Waals surface area contributed by atoms with Crippen molar-refractivity contribution in [3.8, 4) is 40.7 Å². The first-order valence-corrected chi connectivity index (χ1v) is 18.8. The second kappa shape index (κ2) is 11.7. The summed E-state index contributed by atoms with van der Waals surface area (Å²) in [5, 5.41) is 39.8. The van der Waals surface area contributed by atoms with Crippen molar-refractivity contribution in [3.63, 3.8) is 0 Å². The van der Waals surface area contributed by atoms with E-state index in [1.165, 1.54) is 0 Å². The van der Waals surface area contributed by atoms with Crippen LogP contribution in [0.15, 0.2) is 160 Å². The first-order chi connectivity index (χ1) is 28.6. The van der Waals surface area contributed by atoms with E-state index in [9.17, 15) is 15.8 Å². The number of hydrogen-bond donors (Lipinski definition) is 0. The van der Waals surface area contributed by atoms with E-state index < -0.39 is 0 Å². The van der Waals surface area contributed by atoms with E-state index in [1.54, 1.807) is 6.07 Å². The highest BCUT2D eigenvalue weighted by atomic mass is 16.3. The third kappa shape index (κ3) is 4.34. The van der Waals surface area contributed by atoms with E-state index in [-0.39, 0.29) is 0 Å². The van der Waals surface area contributed by atoms with Crippen LogP contribution in [0.1, 0.15) is 16.7 Å². The van der Waals surface area contributed by atoms with Gasteiger partial charge >= 0.3 is 0 Å². The molecular weight excluding hydrogens is 715 g/mol. The Bertz CT molecular complexity index is 3910. The molecule has 0 amide bonds. The van der Waals surface area contributed by atoms with E-state index in [4.69, 9.17) is 8.83 Å². The molecule has 0 N–H and O–H groups in total. The molecule has 4 heterocycles. The van der Waals surface area contributed by atoms with Gasteiger partial charge < -0.3 is 18.0 Å². The summed E-state index contributed by atoms with van der Waals surface area (Å²) in [4.78, 5) is 0. The zero-order chi connectivity index (χ0) is 38.6. The maximum Gasteiger partial charge on any atom is 0.136 e. The molecule has 0 saturated carbocycles. The SMILES string of the molecule is N#Cc1cc(-c2cc(-n3c4ccccc4c4cc5oc6ccccc6c5cc43)c(C#N)cc2C#N)cc(-n2c3ccccc3c3cc4oc5ccccc5c4cc32)c1. The number of hydrogen-bond acceptors (Lipinski definition) is 5. The molecule has 7 nitrogen and oxygen atoms in total. The van der Waals surface area contributed by atoms with Crippen LogP contribution in [0.4, 0.5) is 0 Å². The number of nitriles is 3. The van der Waals surface area contributed by atoms with Gasteiger partial charge in [-0.25, -0.2) is 0 Å². The Morgan fingerprint density at radius 1 is 0.379 bits per heavy atom. The van der Waals surface area contributed by atoms with E-state index in [2.05, 4.69) is 81.9 Å². The molecule has 0 fully saturated rings. The predicted octanol–water partition coefficient (Wildman–Crippen LogP) is 13.0. The molecule has 12 aromatic rings. The van der Waals surface area contributed by atoms with Gasteiger partial charge in [0.25, 0.3) is 0 Å². The molecule has 7 heteroatoms. The Hall–Kier alpha value is -8.57. The van der Waals surface area contributed by atoms with Crippen LogP contribution in [-0.4, -0.2) is 9.13 Å². The lowest BCUT2D eigenvalue weighted by Gasteiger charge is -2.16. The Labute approximate surface area is 329 Å². The summed E-state index contributed by atoms with van der Waals surface area (Å²) in [7, 11) is 0. The van der Waals surface area contributed by atoms with Crippen molar-refractivity contribution in [3.05, 3.63) is 168 Å². The number of furan rings is 2. The molecule has 8 aromatic carbocycles. The second-order valence-corrected chi connectivity index (χ2v) is 14.7. The van der Waals surface area contributed by atoms with Crippen molar-refractivity contribution >= 4 is 87.5 Å². The average Bonchev–Trinajstić information content (AvgIpc) is 4.01. The zero-order valence-corrected chi connectivity index (χ0v) is 30.5. The highest BCUT2D eigenvalue weighted by molar-refractivity contribution is 6.18. The van der Waals surface area contributed by atoms with Gasteiger partial charge in [0.15, 0.2) is 0 Å². The zero-order valence-electron chi connectivity index (χ0n) is 30.5. The Kier molecular flexibility index (Phi) is 6.41. The minimum absolute atomic E-state index is 0.333. The number of aromatic nitrogens is 2. The van der Waals surface area contributed by atoms with Crippen LogP contribution in [0.2, 0.25) is 0 Å². The summed E-state index contributed by atoms with van der Waals surface area (Å²) in [6.07, 6.45) is 0. The summed E-state index contributed by atoms with van der Waals surface area (Å²) >= 11 is 0. The number of rotatable bonds is 3. The van der Waals surface area contributed by atoms with Gasteiger partial charge in [-0.1, -0.05) is 72.8 Å². The normalized spacial score (nSPS) is 11.7. The first-order valence-electron chi connectivity index (χ1n) is 18.8. The summed E-state index contributed by atoms with van der Waals surface area (Å²) in [5.74, 6) is 0. The first kappa shape index (κ1) is 31.7. The van der Waals surface area contributed by atoms with Crippen molar-refractivity contribution in [1.82, 2.24) is 9.13 Å². The molecule has 4 aromatic heterocycles. The van der Waals surface area contributed by atoms with Crippen molar-refractivity contribution in [2.24, 2.45) is 0 Å². The standard InChI is InChI=1S/C51H25N5O2/c52-26-29-17-30(20-33(18-29)55-43-13-5-1-9-34(43)39-24-50-41(22-46(39)55)36-11-3-7-15-48(36)57-50)38-21-45(32(28-54)19-31(38)27-53)56-44-14-6-2-10-35(44)40-25-51-42(23-47(40)56)37-12-4-8-16-49(37)58-51/h1-25H. The molecule has 0 spiro atoms. The Morgan fingerprint density at radius 2 is 0.914 bits per heavy atom. The Balaban J connectivity index is 1.14. The molecule has 0 atom stereocenters. The molecule has 58 heavy (non-hydrogen) atoms. The quantitative estimate of drug-likeness (QED) is 0.179. The van der Waals surface area contributed by atoms with Gasteiger partial charge in [-0.15, -0.1) is 0 Å². The van der Waals surface area contributed by atoms with Crippen LogP contribution in [-0.2, 0) is 0 Å². The van der Waals surface area contributed by atoms with Crippen molar-refractivity contribution < 1.29 is 8.83 Å². The molecule has 12 rings (SSSR count). The lowest BCUT2D eigenvalue weighted by molar-refractivity contribution is 0.669. The highest BCUT2D eigenvalue weighted by Gasteiger charge is 2.22. The third-order valence-corrected chi connectivity index (χ3v) is 11.6. The molecule has 0 unspecified atom stereocenters. The van der Waals surface area contributed by atoms with Crippen molar-refractivity contribution in [1.29, 1.82) is 15.8 Å². The van der Waals surface area contributed by atoms with E-state index in [0.29, 0.717) is 33.5 Å².